The van der Waals surface area contributed by atoms with Crippen molar-refractivity contribution in [3.8, 4) is 17.2 Å². The highest BCUT2D eigenvalue weighted by atomic mass is 16.6. The van der Waals surface area contributed by atoms with E-state index in [2.05, 4.69) is 5.32 Å². The van der Waals surface area contributed by atoms with Crippen molar-refractivity contribution in [3.05, 3.63) is 58.4 Å². The molecule has 14 nitrogen and oxygen atoms in total. The number of nitrogens with one attached hydrogen (secondary N) is 1. The molecular weight excluding hydrogens is 588 g/mol. The summed E-state index contributed by atoms with van der Waals surface area (Å²) in [5.74, 6) is -6.91. The second-order valence-electron chi connectivity index (χ2n) is 11.7. The number of benzene rings is 2. The Balaban J connectivity index is 1.61. The lowest BCUT2D eigenvalue weighted by atomic mass is 9.57. The molecular formula is C31H34N4O10. The van der Waals surface area contributed by atoms with Gasteiger partial charge in [0.1, 0.15) is 28.6 Å². The van der Waals surface area contributed by atoms with Gasteiger partial charge in [-0.2, -0.15) is 0 Å². The number of aromatic hydroxyl groups is 1. The van der Waals surface area contributed by atoms with E-state index < -0.39 is 69.9 Å². The van der Waals surface area contributed by atoms with Gasteiger partial charge in [-0.15, -0.1) is 0 Å². The Morgan fingerprint density at radius 1 is 1.04 bits per heavy atom. The van der Waals surface area contributed by atoms with Gasteiger partial charge in [-0.3, -0.25) is 24.6 Å². The van der Waals surface area contributed by atoms with Crippen LogP contribution >= 0.6 is 0 Å². The smallest absolute Gasteiger partial charge is 0.417 e. The number of methoxy groups -OCH3 is 1. The van der Waals surface area contributed by atoms with Gasteiger partial charge in [0, 0.05) is 31.3 Å². The summed E-state index contributed by atoms with van der Waals surface area (Å²) in [6, 6.07) is 6.49. The number of amides is 2. The average molecular weight is 623 g/mol. The molecule has 5 rings (SSSR count). The van der Waals surface area contributed by atoms with Gasteiger partial charge in [-0.05, 0) is 68.8 Å². The highest BCUT2D eigenvalue weighted by Gasteiger charge is 2.64. The summed E-state index contributed by atoms with van der Waals surface area (Å²) in [5, 5.41) is 48.2. The summed E-state index contributed by atoms with van der Waals surface area (Å²) in [6.07, 6.45) is -0.915. The summed E-state index contributed by atoms with van der Waals surface area (Å²) >= 11 is 0. The first-order chi connectivity index (χ1) is 21.1. The molecule has 0 spiro atoms. The molecule has 0 radical (unpaired) electrons. The van der Waals surface area contributed by atoms with E-state index in [4.69, 9.17) is 15.2 Å². The number of nitrogens with two attached hydrogens (primary N) is 1. The molecule has 45 heavy (non-hydrogen) atoms. The fourth-order valence-electron chi connectivity index (χ4n) is 6.67. The molecule has 0 heterocycles. The lowest BCUT2D eigenvalue weighted by molar-refractivity contribution is -0.153. The molecule has 1 saturated carbocycles. The predicted octanol–water partition coefficient (Wildman–Crippen LogP) is 1.65. The summed E-state index contributed by atoms with van der Waals surface area (Å²) in [6.45, 7) is 0. The Morgan fingerprint density at radius 3 is 2.22 bits per heavy atom. The number of phenols is 1. The molecule has 3 aliphatic rings. The van der Waals surface area contributed by atoms with E-state index in [1.165, 1.54) is 44.3 Å². The van der Waals surface area contributed by atoms with Crippen LogP contribution in [0.3, 0.4) is 0 Å². The summed E-state index contributed by atoms with van der Waals surface area (Å²) in [4.78, 5) is 55.5. The van der Waals surface area contributed by atoms with E-state index in [1.807, 2.05) is 0 Å². The molecule has 3 aliphatic carbocycles. The van der Waals surface area contributed by atoms with Crippen molar-refractivity contribution in [3.63, 3.8) is 0 Å². The molecule has 0 aliphatic heterocycles. The van der Waals surface area contributed by atoms with Gasteiger partial charge in [0.05, 0.1) is 24.4 Å². The fourth-order valence-corrected chi connectivity index (χ4v) is 6.67. The monoisotopic (exact) mass is 622 g/mol. The van der Waals surface area contributed by atoms with Crippen molar-refractivity contribution < 1.29 is 49.1 Å². The number of carbonyl (C=O) groups is 4. The van der Waals surface area contributed by atoms with Crippen molar-refractivity contribution in [2.75, 3.05) is 45.5 Å². The van der Waals surface area contributed by atoms with Crippen LogP contribution < -0.4 is 25.4 Å². The van der Waals surface area contributed by atoms with Crippen LogP contribution in [0.1, 0.15) is 17.5 Å². The van der Waals surface area contributed by atoms with Crippen LogP contribution in [0.4, 0.5) is 16.2 Å². The Kier molecular flexibility index (Phi) is 7.75. The number of fused-ring (bicyclic) bond motifs is 3. The van der Waals surface area contributed by atoms with Crippen molar-refractivity contribution >= 4 is 40.7 Å². The summed E-state index contributed by atoms with van der Waals surface area (Å²) < 4.78 is 10.4. The third-order valence-corrected chi connectivity index (χ3v) is 8.69. The number of Topliss-reactive ketones (excluding diaryl/α,β-unsaturated/α-hetero) is 2. The minimum atomic E-state index is -2.76. The Labute approximate surface area is 257 Å². The van der Waals surface area contributed by atoms with E-state index in [9.17, 15) is 39.6 Å². The number of anilines is 2. The number of likely N-dealkylation sites (N-methyl/N-ethyl adjacent to an activating group) is 1. The SMILES string of the molecule is COc1ccc(OC(=O)Nc2cc(N(C)C)c3c(c2O)C(O)=C2C(=O)[C@]4(O)C(O)=C(C(N)=O)C(=O)[C@@H](N(C)C)C4CC2C3)cc1. The molecule has 0 bridgehead atoms. The molecule has 7 N–H and O–H groups in total. The number of nitrogens with zero attached hydrogens (tertiary/aromatic N) is 2. The second-order valence-corrected chi connectivity index (χ2v) is 11.7. The lowest BCUT2D eigenvalue weighted by Crippen LogP contribution is -2.65. The Bertz CT molecular complexity index is 1690. The maximum atomic E-state index is 14.1. The molecule has 0 saturated heterocycles. The third-order valence-electron chi connectivity index (χ3n) is 8.69. The zero-order chi connectivity index (χ0) is 33.1. The minimum Gasteiger partial charge on any atom is -0.508 e. The number of phenolic OH excluding ortho intramolecular Hbond substituents is 1. The maximum Gasteiger partial charge on any atom is 0.417 e. The van der Waals surface area contributed by atoms with E-state index in [0.717, 1.165) is 0 Å². The van der Waals surface area contributed by atoms with Gasteiger partial charge in [-0.1, -0.05) is 0 Å². The Hall–Kier alpha value is -5.08. The second kappa shape index (κ2) is 11.1. The number of primary amides is 1. The molecule has 238 valence electrons. The van der Waals surface area contributed by atoms with Crippen molar-refractivity contribution in [1.29, 1.82) is 0 Å². The van der Waals surface area contributed by atoms with Crippen LogP contribution in [-0.4, -0.2) is 95.8 Å². The molecule has 1 fully saturated rings. The van der Waals surface area contributed by atoms with Crippen LogP contribution in [0.5, 0.6) is 17.2 Å². The quantitative estimate of drug-likeness (QED) is 0.201. The Morgan fingerprint density at radius 2 is 1.67 bits per heavy atom. The number of hydrogen-bond donors (Lipinski definition) is 6. The van der Waals surface area contributed by atoms with E-state index >= 15 is 0 Å². The summed E-state index contributed by atoms with van der Waals surface area (Å²) in [5.41, 5.74) is 2.03. The largest absolute Gasteiger partial charge is 0.508 e. The molecule has 0 aromatic heterocycles. The minimum absolute atomic E-state index is 0.0480. The van der Waals surface area contributed by atoms with Gasteiger partial charge in [-0.25, -0.2) is 4.79 Å². The van der Waals surface area contributed by atoms with Gasteiger partial charge in [0.25, 0.3) is 5.91 Å². The molecule has 4 atom stereocenters. The van der Waals surface area contributed by atoms with Crippen LogP contribution in [0, 0.1) is 11.8 Å². The normalized spacial score (nSPS) is 24.1. The van der Waals surface area contributed by atoms with Gasteiger partial charge in [0.15, 0.2) is 17.1 Å². The average Bonchev–Trinajstić information content (AvgIpc) is 2.96. The number of ether oxygens (including phenoxy) is 2. The van der Waals surface area contributed by atoms with Gasteiger partial charge < -0.3 is 40.5 Å². The van der Waals surface area contributed by atoms with Crippen LogP contribution in [0.2, 0.25) is 0 Å². The number of hydrogen-bond acceptors (Lipinski definition) is 12. The van der Waals surface area contributed by atoms with Crippen molar-refractivity contribution in [2.45, 2.75) is 24.5 Å². The highest BCUT2D eigenvalue weighted by molar-refractivity contribution is 6.24. The number of aliphatic hydroxyl groups excluding tert-OH is 2. The van der Waals surface area contributed by atoms with Crippen molar-refractivity contribution in [1.82, 2.24) is 4.90 Å². The zero-order valence-corrected chi connectivity index (χ0v) is 25.2. The van der Waals surface area contributed by atoms with Crippen LogP contribution in [-0.2, 0) is 20.8 Å². The molecule has 2 unspecified atom stereocenters. The van der Waals surface area contributed by atoms with Gasteiger partial charge in [0.2, 0.25) is 5.78 Å². The standard InChI is InChI=1S/C31H34N4O10/c1-34(2)19-12-18(33-30(42)45-15-8-6-14(44-5)7-9-15)24(36)21-16(19)10-13-11-17-23(35(3)4)26(38)22(29(32)41)28(40)31(17,43)27(39)20(13)25(21)37/h6-9,12-13,17,23,36-37,40,43H,10-11H2,1-5H3,(H2,32,41)(H,33,42)/t13?,17?,23-,31-/m0/s1. The molecule has 14 heteroatoms. The zero-order valence-electron chi connectivity index (χ0n) is 25.2. The van der Waals surface area contributed by atoms with Crippen molar-refractivity contribution in [2.24, 2.45) is 17.6 Å². The van der Waals surface area contributed by atoms with Crippen LogP contribution in [0.25, 0.3) is 5.76 Å². The lowest BCUT2D eigenvalue weighted by Gasteiger charge is -2.50. The number of aliphatic hydroxyl groups is 3. The number of ketones is 2. The van der Waals surface area contributed by atoms with E-state index in [0.29, 0.717) is 17.0 Å². The first kappa shape index (κ1) is 31.3. The van der Waals surface area contributed by atoms with E-state index in [-0.39, 0.29) is 35.4 Å². The molecule has 2 aromatic carbocycles. The van der Waals surface area contributed by atoms with E-state index in [1.54, 1.807) is 31.1 Å². The number of rotatable bonds is 6. The topological polar surface area (TPSA) is 212 Å². The fraction of sp³-hybridized carbons (Fsp3) is 0.355. The van der Waals surface area contributed by atoms with Gasteiger partial charge >= 0.3 is 6.09 Å². The first-order valence-corrected chi connectivity index (χ1v) is 14.0. The highest BCUT2D eigenvalue weighted by Crippen LogP contribution is 2.54. The predicted molar refractivity (Wildman–Crippen MR) is 161 cm³/mol. The maximum absolute atomic E-state index is 14.1. The number of carbonyl (C=O) groups excluding carboxylic acids is 4. The molecule has 2 aromatic rings. The van der Waals surface area contributed by atoms with Crippen LogP contribution in [0.15, 0.2) is 47.2 Å². The third kappa shape index (κ3) is 4.82. The molecule has 2 amide bonds. The summed E-state index contributed by atoms with van der Waals surface area (Å²) in [7, 11) is 7.98. The first-order valence-electron chi connectivity index (χ1n) is 14.0.